The summed E-state index contributed by atoms with van der Waals surface area (Å²) in [5.74, 6) is 0.542. The number of aromatic nitrogens is 1. The molecule has 1 saturated heterocycles. The zero-order valence-corrected chi connectivity index (χ0v) is 16.2. The third kappa shape index (κ3) is 3.05. The quantitative estimate of drug-likeness (QED) is 0.669. The molecule has 1 fully saturated rings. The van der Waals surface area contributed by atoms with E-state index < -0.39 is 11.6 Å². The predicted molar refractivity (Wildman–Crippen MR) is 105 cm³/mol. The summed E-state index contributed by atoms with van der Waals surface area (Å²) in [5.41, 5.74) is 1.11. The molecule has 7 heteroatoms. The van der Waals surface area contributed by atoms with Gasteiger partial charge in [0.05, 0.1) is 5.69 Å². The fourth-order valence-electron chi connectivity index (χ4n) is 3.33. The van der Waals surface area contributed by atoms with Crippen LogP contribution in [0.15, 0.2) is 59.0 Å². The molecule has 0 aliphatic carbocycles. The van der Waals surface area contributed by atoms with Gasteiger partial charge in [0.1, 0.15) is 12.1 Å². The summed E-state index contributed by atoms with van der Waals surface area (Å²) in [6.07, 6.45) is 0. The standard InChI is InChI=1S/C21H18ClN3O3/c1-13-18(14-8-10-16(22)11-9-14)28-17(23-13)12-25-19(26)21(2,24-20(25)27)15-6-4-3-5-7-15/h3-11H,12H2,1-2H3,(H,24,27)/t21-/m1/s1. The Morgan fingerprint density at radius 1 is 1.11 bits per heavy atom. The van der Waals surface area contributed by atoms with E-state index in [2.05, 4.69) is 10.3 Å². The molecule has 1 aliphatic rings. The van der Waals surface area contributed by atoms with Crippen LogP contribution in [0.2, 0.25) is 5.02 Å². The second kappa shape index (κ2) is 6.80. The maximum absolute atomic E-state index is 13.0. The van der Waals surface area contributed by atoms with Crippen molar-refractivity contribution in [1.29, 1.82) is 0 Å². The lowest BCUT2D eigenvalue weighted by atomic mass is 9.92. The summed E-state index contributed by atoms with van der Waals surface area (Å²) >= 11 is 5.93. The van der Waals surface area contributed by atoms with Crippen molar-refractivity contribution in [2.45, 2.75) is 25.9 Å². The Kier molecular flexibility index (Phi) is 4.43. The number of nitrogens with one attached hydrogen (secondary N) is 1. The predicted octanol–water partition coefficient (Wildman–Crippen LogP) is 4.27. The van der Waals surface area contributed by atoms with Gasteiger partial charge < -0.3 is 9.73 Å². The Bertz CT molecular complexity index is 1050. The van der Waals surface area contributed by atoms with E-state index in [0.717, 1.165) is 16.0 Å². The van der Waals surface area contributed by atoms with Crippen LogP contribution < -0.4 is 5.32 Å². The number of urea groups is 1. The Morgan fingerprint density at radius 3 is 2.46 bits per heavy atom. The molecule has 6 nitrogen and oxygen atoms in total. The molecule has 1 aromatic heterocycles. The molecule has 142 valence electrons. The van der Waals surface area contributed by atoms with Crippen molar-refractivity contribution < 1.29 is 14.0 Å². The fourth-order valence-corrected chi connectivity index (χ4v) is 3.46. The van der Waals surface area contributed by atoms with E-state index in [0.29, 0.717) is 22.4 Å². The summed E-state index contributed by atoms with van der Waals surface area (Å²) < 4.78 is 5.84. The Hall–Kier alpha value is -3.12. The van der Waals surface area contributed by atoms with E-state index in [4.69, 9.17) is 16.0 Å². The van der Waals surface area contributed by atoms with Gasteiger partial charge in [0.25, 0.3) is 5.91 Å². The molecule has 0 radical (unpaired) electrons. The summed E-state index contributed by atoms with van der Waals surface area (Å²) in [6.45, 7) is 3.47. The van der Waals surface area contributed by atoms with Gasteiger partial charge in [-0.1, -0.05) is 41.9 Å². The van der Waals surface area contributed by atoms with Gasteiger partial charge in [-0.15, -0.1) is 0 Å². The minimum Gasteiger partial charge on any atom is -0.438 e. The number of amides is 3. The molecular formula is C21H18ClN3O3. The van der Waals surface area contributed by atoms with E-state index in [9.17, 15) is 9.59 Å². The first kappa shape index (κ1) is 18.3. The lowest BCUT2D eigenvalue weighted by molar-refractivity contribution is -0.131. The van der Waals surface area contributed by atoms with Gasteiger partial charge in [0.15, 0.2) is 5.76 Å². The van der Waals surface area contributed by atoms with Crippen molar-refractivity contribution in [3.63, 3.8) is 0 Å². The van der Waals surface area contributed by atoms with Gasteiger partial charge in [-0.05, 0) is 43.7 Å². The molecule has 1 N–H and O–H groups in total. The monoisotopic (exact) mass is 395 g/mol. The van der Waals surface area contributed by atoms with Gasteiger partial charge in [0.2, 0.25) is 5.89 Å². The Morgan fingerprint density at radius 2 is 1.79 bits per heavy atom. The van der Waals surface area contributed by atoms with Crippen molar-refractivity contribution in [2.24, 2.45) is 0 Å². The van der Waals surface area contributed by atoms with Gasteiger partial charge in [0, 0.05) is 10.6 Å². The molecular weight excluding hydrogens is 378 g/mol. The number of halogens is 1. The topological polar surface area (TPSA) is 75.4 Å². The second-order valence-corrected chi connectivity index (χ2v) is 7.28. The number of hydrogen-bond acceptors (Lipinski definition) is 4. The average Bonchev–Trinajstić information content (AvgIpc) is 3.16. The molecule has 4 rings (SSSR count). The van der Waals surface area contributed by atoms with Gasteiger partial charge >= 0.3 is 6.03 Å². The van der Waals surface area contributed by atoms with E-state index in [-0.39, 0.29) is 12.5 Å². The normalized spacial score (nSPS) is 19.2. The molecule has 1 atom stereocenters. The number of rotatable bonds is 4. The first-order chi connectivity index (χ1) is 13.4. The van der Waals surface area contributed by atoms with Gasteiger partial charge in [-0.3, -0.25) is 9.69 Å². The lowest BCUT2D eigenvalue weighted by Gasteiger charge is -2.21. The van der Waals surface area contributed by atoms with Crippen molar-refractivity contribution in [3.05, 3.63) is 76.8 Å². The molecule has 0 unspecified atom stereocenters. The number of hydrogen-bond donors (Lipinski definition) is 1. The largest absolute Gasteiger partial charge is 0.438 e. The smallest absolute Gasteiger partial charge is 0.325 e. The number of imide groups is 1. The van der Waals surface area contributed by atoms with Gasteiger partial charge in [-0.2, -0.15) is 0 Å². The molecule has 0 bridgehead atoms. The van der Waals surface area contributed by atoms with Gasteiger partial charge in [-0.25, -0.2) is 9.78 Å². The minimum absolute atomic E-state index is 0.0402. The number of oxazole rings is 1. The van der Waals surface area contributed by atoms with Crippen LogP contribution in [0.25, 0.3) is 11.3 Å². The highest BCUT2D eigenvalue weighted by Crippen LogP contribution is 2.31. The number of carbonyl (C=O) groups is 2. The van der Waals surface area contributed by atoms with E-state index >= 15 is 0 Å². The van der Waals surface area contributed by atoms with Crippen molar-refractivity contribution >= 4 is 23.5 Å². The molecule has 28 heavy (non-hydrogen) atoms. The lowest BCUT2D eigenvalue weighted by Crippen LogP contribution is -2.40. The first-order valence-corrected chi connectivity index (χ1v) is 9.18. The van der Waals surface area contributed by atoms with E-state index in [1.165, 1.54) is 0 Å². The van der Waals surface area contributed by atoms with Crippen molar-refractivity contribution in [1.82, 2.24) is 15.2 Å². The van der Waals surface area contributed by atoms with Crippen LogP contribution in [0.5, 0.6) is 0 Å². The number of benzene rings is 2. The van der Waals surface area contributed by atoms with Crippen LogP contribution in [0.1, 0.15) is 24.1 Å². The third-order valence-corrected chi connectivity index (χ3v) is 5.12. The zero-order valence-electron chi connectivity index (χ0n) is 15.4. The summed E-state index contributed by atoms with van der Waals surface area (Å²) in [5, 5.41) is 3.40. The highest BCUT2D eigenvalue weighted by Gasteiger charge is 2.49. The number of carbonyl (C=O) groups excluding carboxylic acids is 2. The van der Waals surface area contributed by atoms with Crippen LogP contribution in [-0.4, -0.2) is 21.8 Å². The molecule has 3 aromatic rings. The summed E-state index contributed by atoms with van der Waals surface area (Å²) in [6, 6.07) is 15.9. The molecule has 2 aromatic carbocycles. The number of nitrogens with zero attached hydrogens (tertiary/aromatic N) is 2. The SMILES string of the molecule is Cc1nc(CN2C(=O)N[C@](C)(c3ccccc3)C2=O)oc1-c1ccc(Cl)cc1. The average molecular weight is 396 g/mol. The van der Waals surface area contributed by atoms with Crippen LogP contribution >= 0.6 is 11.6 Å². The Labute approximate surface area is 167 Å². The van der Waals surface area contributed by atoms with E-state index in [1.807, 2.05) is 49.4 Å². The second-order valence-electron chi connectivity index (χ2n) is 6.84. The molecule has 2 heterocycles. The molecule has 0 saturated carbocycles. The molecule has 1 aliphatic heterocycles. The van der Waals surface area contributed by atoms with Crippen molar-refractivity contribution in [2.75, 3.05) is 0 Å². The molecule has 0 spiro atoms. The number of aryl methyl sites for hydroxylation is 1. The van der Waals surface area contributed by atoms with Crippen LogP contribution in [-0.2, 0) is 16.9 Å². The minimum atomic E-state index is -1.11. The van der Waals surface area contributed by atoms with Crippen molar-refractivity contribution in [3.8, 4) is 11.3 Å². The highest BCUT2D eigenvalue weighted by atomic mass is 35.5. The fraction of sp³-hybridized carbons (Fsp3) is 0.190. The summed E-state index contributed by atoms with van der Waals surface area (Å²) in [4.78, 5) is 31.0. The third-order valence-electron chi connectivity index (χ3n) is 4.87. The maximum Gasteiger partial charge on any atom is 0.325 e. The molecule has 3 amide bonds. The van der Waals surface area contributed by atoms with Crippen LogP contribution in [0, 0.1) is 6.92 Å². The summed E-state index contributed by atoms with van der Waals surface area (Å²) in [7, 11) is 0. The van der Waals surface area contributed by atoms with Crippen LogP contribution in [0.4, 0.5) is 4.79 Å². The van der Waals surface area contributed by atoms with Crippen LogP contribution in [0.3, 0.4) is 0 Å². The maximum atomic E-state index is 13.0. The first-order valence-electron chi connectivity index (χ1n) is 8.80. The Balaban J connectivity index is 1.60. The van der Waals surface area contributed by atoms with E-state index in [1.54, 1.807) is 19.1 Å². The zero-order chi connectivity index (χ0) is 19.9. The highest BCUT2D eigenvalue weighted by molar-refractivity contribution is 6.30.